The smallest absolute Gasteiger partial charge is 0.214 e. The molecule has 0 amide bonds. The van der Waals surface area contributed by atoms with Crippen molar-refractivity contribution in [2.45, 2.75) is 69.0 Å². The summed E-state index contributed by atoms with van der Waals surface area (Å²) in [7, 11) is -3.16. The average Bonchev–Trinajstić information content (AvgIpc) is 3.53. The fraction of sp³-hybridized carbons (Fsp3) is 0.636. The van der Waals surface area contributed by atoms with Crippen LogP contribution in [0.1, 0.15) is 49.4 Å². The van der Waals surface area contributed by atoms with Gasteiger partial charge in [0.15, 0.2) is 0 Å². The average molecular weight is 480 g/mol. The van der Waals surface area contributed by atoms with E-state index in [4.69, 9.17) is 16.3 Å². The van der Waals surface area contributed by atoms with Crippen molar-refractivity contribution in [2.75, 3.05) is 19.7 Å². The summed E-state index contributed by atoms with van der Waals surface area (Å²) < 4.78 is 34.6. The Balaban J connectivity index is 1.18. The number of nitrogens with zero attached hydrogens (tertiary/aromatic N) is 4. The third kappa shape index (κ3) is 4.59. The monoisotopic (exact) mass is 479 g/mol. The molecule has 1 spiro atoms. The summed E-state index contributed by atoms with van der Waals surface area (Å²) in [5.41, 5.74) is 3.24. The number of hydrogen-bond donors (Lipinski definition) is 1. The molecule has 3 aliphatic rings. The minimum Gasteiger partial charge on any atom is -0.370 e. The number of rotatable bonds is 7. The second-order valence-corrected chi connectivity index (χ2v) is 11.8. The van der Waals surface area contributed by atoms with Gasteiger partial charge in [0.05, 0.1) is 29.7 Å². The van der Waals surface area contributed by atoms with E-state index >= 15 is 0 Å². The van der Waals surface area contributed by atoms with Crippen LogP contribution < -0.4 is 4.72 Å². The van der Waals surface area contributed by atoms with E-state index in [2.05, 4.69) is 39.0 Å². The Hall–Kier alpha value is -1.52. The minimum atomic E-state index is -3.16. The zero-order valence-corrected chi connectivity index (χ0v) is 19.9. The van der Waals surface area contributed by atoms with Gasteiger partial charge in [-0.2, -0.15) is 0 Å². The van der Waals surface area contributed by atoms with E-state index < -0.39 is 10.0 Å². The molecular formula is C22H30ClN5O3S. The van der Waals surface area contributed by atoms with Gasteiger partial charge in [-0.25, -0.2) is 13.1 Å². The Kier molecular flexibility index (Phi) is 6.05. The summed E-state index contributed by atoms with van der Waals surface area (Å²) in [6, 6.07) is 6.52. The van der Waals surface area contributed by atoms with Gasteiger partial charge in [-0.1, -0.05) is 22.9 Å². The van der Waals surface area contributed by atoms with Gasteiger partial charge in [0, 0.05) is 36.9 Å². The normalized spacial score (nSPS) is 26.4. The molecule has 2 aromatic rings. The molecule has 2 fully saturated rings. The zero-order chi connectivity index (χ0) is 22.3. The molecule has 1 aromatic heterocycles. The van der Waals surface area contributed by atoms with Gasteiger partial charge in [0.2, 0.25) is 10.0 Å². The standard InChI is InChI=1S/C22H30ClN5O3S/c1-16-13-22(21-12-18(23)3-2-17(21)6-11-31-22)7-9-27(16)14-19-15-28(26-25-19)10-8-24-32(29,30)20-4-5-20/h2-3,12,15-16,20,24H,4-11,13-14H2,1H3/t16-,22+/m0/s1. The third-order valence-corrected chi connectivity index (χ3v) is 9.11. The summed E-state index contributed by atoms with van der Waals surface area (Å²) in [5.74, 6) is 0. The number of fused-ring (bicyclic) bond motifs is 2. The topological polar surface area (TPSA) is 89.3 Å². The van der Waals surface area contributed by atoms with Crippen molar-refractivity contribution in [3.63, 3.8) is 0 Å². The van der Waals surface area contributed by atoms with Gasteiger partial charge in [-0.05, 0) is 62.3 Å². The molecule has 1 N–H and O–H groups in total. The molecule has 0 radical (unpaired) electrons. The van der Waals surface area contributed by atoms with Crippen molar-refractivity contribution >= 4 is 21.6 Å². The SMILES string of the molecule is C[C@H]1C[C@@]2(CCN1Cc1cn(CCNS(=O)(=O)C3CC3)nn1)OCCc1ccc(Cl)cc12. The van der Waals surface area contributed by atoms with Crippen LogP contribution >= 0.6 is 11.6 Å². The number of piperidine rings is 1. The van der Waals surface area contributed by atoms with Crippen molar-refractivity contribution < 1.29 is 13.2 Å². The summed E-state index contributed by atoms with van der Waals surface area (Å²) in [4.78, 5) is 2.41. The molecule has 2 aliphatic heterocycles. The van der Waals surface area contributed by atoms with Gasteiger partial charge in [0.25, 0.3) is 0 Å². The first-order valence-electron chi connectivity index (χ1n) is 11.4. The van der Waals surface area contributed by atoms with E-state index in [0.29, 0.717) is 25.7 Å². The number of benzene rings is 1. The summed E-state index contributed by atoms with van der Waals surface area (Å²) in [6.45, 7) is 5.42. The molecule has 10 heteroatoms. The summed E-state index contributed by atoms with van der Waals surface area (Å²) in [5, 5.41) is 9.04. The van der Waals surface area contributed by atoms with Gasteiger partial charge >= 0.3 is 0 Å². The Labute approximate surface area is 194 Å². The second-order valence-electron chi connectivity index (χ2n) is 9.28. The molecule has 32 heavy (non-hydrogen) atoms. The quantitative estimate of drug-likeness (QED) is 0.656. The molecule has 1 saturated carbocycles. The van der Waals surface area contributed by atoms with Gasteiger partial charge in [0.1, 0.15) is 0 Å². The highest BCUT2D eigenvalue weighted by Crippen LogP contribution is 2.44. The molecule has 1 aromatic carbocycles. The van der Waals surface area contributed by atoms with E-state index in [1.807, 2.05) is 12.3 Å². The Bertz CT molecular complexity index is 1090. The number of hydrogen-bond acceptors (Lipinski definition) is 6. The first kappa shape index (κ1) is 22.3. The molecule has 8 nitrogen and oxygen atoms in total. The highest BCUT2D eigenvalue weighted by molar-refractivity contribution is 7.90. The Morgan fingerprint density at radius 2 is 2.19 bits per heavy atom. The fourth-order valence-corrected chi connectivity index (χ4v) is 6.56. The molecule has 2 atom stereocenters. The van der Waals surface area contributed by atoms with Crippen LogP contribution in [0.2, 0.25) is 5.02 Å². The van der Waals surface area contributed by atoms with Crippen LogP contribution in [0.5, 0.6) is 0 Å². The third-order valence-electron chi connectivity index (χ3n) is 6.92. The Morgan fingerprint density at radius 1 is 1.34 bits per heavy atom. The molecule has 0 unspecified atom stereocenters. The number of likely N-dealkylation sites (tertiary alicyclic amines) is 1. The number of aromatic nitrogens is 3. The first-order valence-corrected chi connectivity index (χ1v) is 13.3. The van der Waals surface area contributed by atoms with Crippen LogP contribution in [0.3, 0.4) is 0 Å². The van der Waals surface area contributed by atoms with E-state index in [1.165, 1.54) is 11.1 Å². The van der Waals surface area contributed by atoms with Crippen molar-refractivity contribution in [1.82, 2.24) is 24.6 Å². The van der Waals surface area contributed by atoms with Gasteiger partial charge in [-0.3, -0.25) is 9.58 Å². The van der Waals surface area contributed by atoms with Crippen molar-refractivity contribution in [1.29, 1.82) is 0 Å². The largest absolute Gasteiger partial charge is 0.370 e. The number of ether oxygens (including phenoxy) is 1. The summed E-state index contributed by atoms with van der Waals surface area (Å²) in [6.07, 6.45) is 6.21. The van der Waals surface area contributed by atoms with E-state index in [1.54, 1.807) is 4.68 Å². The van der Waals surface area contributed by atoms with Gasteiger partial charge in [-0.15, -0.1) is 5.10 Å². The van der Waals surface area contributed by atoms with Crippen molar-refractivity contribution in [3.05, 3.63) is 46.2 Å². The molecule has 1 aliphatic carbocycles. The zero-order valence-electron chi connectivity index (χ0n) is 18.3. The van der Waals surface area contributed by atoms with E-state index in [9.17, 15) is 8.42 Å². The maximum absolute atomic E-state index is 11.9. The lowest BCUT2D eigenvalue weighted by Gasteiger charge is -2.48. The predicted molar refractivity (Wildman–Crippen MR) is 122 cm³/mol. The van der Waals surface area contributed by atoms with Crippen LogP contribution in [0, 0.1) is 0 Å². The number of halogens is 1. The number of sulfonamides is 1. The lowest BCUT2D eigenvalue weighted by atomic mass is 9.77. The second kappa shape index (κ2) is 8.68. The number of nitrogens with one attached hydrogen (secondary N) is 1. The maximum atomic E-state index is 11.9. The molecular weight excluding hydrogens is 450 g/mol. The van der Waals surface area contributed by atoms with Crippen LogP contribution in [-0.4, -0.2) is 59.3 Å². The first-order chi connectivity index (χ1) is 15.3. The summed E-state index contributed by atoms with van der Waals surface area (Å²) >= 11 is 6.31. The Morgan fingerprint density at radius 3 is 2.97 bits per heavy atom. The molecule has 5 rings (SSSR count). The maximum Gasteiger partial charge on any atom is 0.214 e. The highest BCUT2D eigenvalue weighted by Gasteiger charge is 2.43. The molecule has 3 heterocycles. The van der Waals surface area contributed by atoms with Crippen LogP contribution in [0.4, 0.5) is 0 Å². The lowest BCUT2D eigenvalue weighted by Crippen LogP contribution is -2.50. The molecule has 174 valence electrons. The van der Waals surface area contributed by atoms with Gasteiger partial charge < -0.3 is 4.74 Å². The van der Waals surface area contributed by atoms with Crippen LogP contribution in [-0.2, 0) is 39.9 Å². The van der Waals surface area contributed by atoms with Crippen LogP contribution in [0.15, 0.2) is 24.4 Å². The van der Waals surface area contributed by atoms with E-state index in [0.717, 1.165) is 56.0 Å². The molecule has 1 saturated heterocycles. The van der Waals surface area contributed by atoms with Crippen molar-refractivity contribution in [3.8, 4) is 0 Å². The lowest BCUT2D eigenvalue weighted by molar-refractivity contribution is -0.113. The minimum absolute atomic E-state index is 0.200. The van der Waals surface area contributed by atoms with Crippen LogP contribution in [0.25, 0.3) is 0 Å². The fourth-order valence-electron chi connectivity index (χ4n) is 5.02. The predicted octanol–water partition coefficient (Wildman–Crippen LogP) is 2.47. The van der Waals surface area contributed by atoms with Crippen molar-refractivity contribution in [2.24, 2.45) is 0 Å². The van der Waals surface area contributed by atoms with E-state index in [-0.39, 0.29) is 10.9 Å². The molecule has 0 bridgehead atoms. The highest BCUT2D eigenvalue weighted by atomic mass is 35.5.